The molecular weight excluding hydrogens is 424 g/mol. The van der Waals surface area contributed by atoms with Crippen molar-refractivity contribution in [3.8, 4) is 0 Å². The van der Waals surface area contributed by atoms with Gasteiger partial charge in [0.2, 0.25) is 5.91 Å². The number of fused-ring (bicyclic) bond motifs is 1. The maximum absolute atomic E-state index is 13.3. The number of carbonyl (C=O) groups excluding carboxylic acids is 1. The van der Waals surface area contributed by atoms with Crippen LogP contribution in [0.15, 0.2) is 58.0 Å². The molecule has 27 heavy (non-hydrogen) atoms. The Hall–Kier alpha value is -1.67. The molecule has 2 aromatic rings. The van der Waals surface area contributed by atoms with Gasteiger partial charge < -0.3 is 0 Å². The maximum Gasteiger partial charge on any atom is 0.241 e. The number of para-hydroxylation sites is 1. The van der Waals surface area contributed by atoms with Gasteiger partial charge in [0.1, 0.15) is 6.17 Å². The minimum absolute atomic E-state index is 0.102. The molecule has 1 amide bonds. The fourth-order valence-electron chi connectivity index (χ4n) is 3.39. The van der Waals surface area contributed by atoms with Crippen LogP contribution >= 0.6 is 27.7 Å². The van der Waals surface area contributed by atoms with E-state index in [4.69, 9.17) is 4.99 Å². The van der Waals surface area contributed by atoms with Crippen LogP contribution in [-0.2, 0) is 17.0 Å². The molecule has 0 aromatic heterocycles. The molecule has 0 spiro atoms. The predicted molar refractivity (Wildman–Crippen MR) is 115 cm³/mol. The molecule has 140 valence electrons. The van der Waals surface area contributed by atoms with Gasteiger partial charge in [-0.25, -0.2) is 10.4 Å². The van der Waals surface area contributed by atoms with Crippen LogP contribution in [0.4, 0.5) is 5.69 Å². The number of hydrazine groups is 1. The smallest absolute Gasteiger partial charge is 0.241 e. The molecule has 7 heteroatoms. The van der Waals surface area contributed by atoms with E-state index in [1.807, 2.05) is 35.2 Å². The molecule has 4 rings (SSSR count). The summed E-state index contributed by atoms with van der Waals surface area (Å²) >= 11 is 5.12. The van der Waals surface area contributed by atoms with Crippen molar-refractivity contribution >= 4 is 44.5 Å². The molecule has 2 unspecified atom stereocenters. The van der Waals surface area contributed by atoms with E-state index in [0.29, 0.717) is 6.54 Å². The first-order valence-corrected chi connectivity index (χ1v) is 10.8. The monoisotopic (exact) mass is 444 g/mol. The number of benzene rings is 2. The van der Waals surface area contributed by atoms with Gasteiger partial charge in [0.15, 0.2) is 5.17 Å². The summed E-state index contributed by atoms with van der Waals surface area (Å²) < 4.78 is 1.05. The van der Waals surface area contributed by atoms with Crippen molar-refractivity contribution in [2.45, 2.75) is 25.3 Å². The summed E-state index contributed by atoms with van der Waals surface area (Å²) in [5, 5.41) is 0.748. The number of thioether (sulfide) groups is 1. The van der Waals surface area contributed by atoms with Gasteiger partial charge in [0.05, 0.1) is 11.6 Å². The highest BCUT2D eigenvalue weighted by Gasteiger charge is 2.42. The van der Waals surface area contributed by atoms with Crippen LogP contribution < -0.4 is 15.8 Å². The van der Waals surface area contributed by atoms with Crippen molar-refractivity contribution in [1.29, 1.82) is 0 Å². The number of amidine groups is 1. The molecule has 0 aliphatic carbocycles. The van der Waals surface area contributed by atoms with Crippen LogP contribution in [0, 0.1) is 5.92 Å². The van der Waals surface area contributed by atoms with Crippen molar-refractivity contribution in [3.63, 3.8) is 0 Å². The lowest BCUT2D eigenvalue weighted by Gasteiger charge is -2.33. The van der Waals surface area contributed by atoms with Crippen LogP contribution in [0.1, 0.15) is 18.1 Å². The summed E-state index contributed by atoms with van der Waals surface area (Å²) in [6.45, 7) is 2.71. The van der Waals surface area contributed by atoms with Crippen molar-refractivity contribution in [2.24, 2.45) is 10.9 Å². The lowest BCUT2D eigenvalue weighted by atomic mass is 10.0. The average Bonchev–Trinajstić information content (AvgIpc) is 3.15. The Bertz CT molecular complexity index is 888. The normalized spacial score (nSPS) is 21.9. The zero-order valence-electron chi connectivity index (χ0n) is 15.0. The van der Waals surface area contributed by atoms with Crippen molar-refractivity contribution in [2.75, 3.05) is 11.4 Å². The molecule has 0 bridgehead atoms. The van der Waals surface area contributed by atoms with Crippen molar-refractivity contribution in [1.82, 2.24) is 10.9 Å². The number of hydrogen-bond donors (Lipinski definition) is 2. The fraction of sp³-hybridized carbons (Fsp3) is 0.300. The number of rotatable bonds is 4. The summed E-state index contributed by atoms with van der Waals surface area (Å²) in [5.41, 5.74) is 9.48. The second kappa shape index (κ2) is 8.14. The van der Waals surface area contributed by atoms with E-state index in [1.165, 1.54) is 5.56 Å². The molecular formula is C20H21BrN4OS. The number of aryl methyl sites for hydroxylation is 1. The Balaban J connectivity index is 1.67. The summed E-state index contributed by atoms with van der Waals surface area (Å²) in [4.78, 5) is 20.0. The third kappa shape index (κ3) is 3.82. The minimum Gasteiger partial charge on any atom is -0.274 e. The first-order valence-electron chi connectivity index (χ1n) is 9.02. The second-order valence-corrected chi connectivity index (χ2v) is 8.42. The SMILES string of the molecule is CCc1ccccc1N1C(=O)C2CNNC2N=C1SCc1cccc(Br)c1. The largest absolute Gasteiger partial charge is 0.274 e. The summed E-state index contributed by atoms with van der Waals surface area (Å²) in [7, 11) is 0. The highest BCUT2D eigenvalue weighted by atomic mass is 79.9. The average molecular weight is 445 g/mol. The van der Waals surface area contributed by atoms with Crippen LogP contribution in [0.5, 0.6) is 0 Å². The van der Waals surface area contributed by atoms with E-state index in [1.54, 1.807) is 11.8 Å². The molecule has 0 radical (unpaired) electrons. The van der Waals surface area contributed by atoms with Gasteiger partial charge in [-0.3, -0.25) is 15.1 Å². The quantitative estimate of drug-likeness (QED) is 0.754. The van der Waals surface area contributed by atoms with Gasteiger partial charge in [0.25, 0.3) is 0 Å². The molecule has 2 N–H and O–H groups in total. The Morgan fingerprint density at radius 2 is 2.11 bits per heavy atom. The predicted octanol–water partition coefficient (Wildman–Crippen LogP) is 3.70. The van der Waals surface area contributed by atoms with E-state index in [2.05, 4.69) is 51.9 Å². The number of amides is 1. The zero-order valence-corrected chi connectivity index (χ0v) is 17.4. The topological polar surface area (TPSA) is 56.7 Å². The highest BCUT2D eigenvalue weighted by molar-refractivity contribution is 9.10. The fourth-order valence-corrected chi connectivity index (χ4v) is 4.82. The Labute approximate surface area is 171 Å². The number of aliphatic imine (C=N–C) groups is 1. The van der Waals surface area contributed by atoms with Crippen LogP contribution in [0.2, 0.25) is 0 Å². The number of hydrogen-bond acceptors (Lipinski definition) is 5. The standard InChI is InChI=1S/C20H21BrN4OS/c1-2-14-7-3-4-9-17(14)25-19(26)16-11-22-24-18(16)23-20(25)27-12-13-6-5-8-15(21)10-13/h3-10,16,18,22,24H,2,11-12H2,1H3. The number of halogens is 1. The van der Waals surface area contributed by atoms with Gasteiger partial charge in [-0.1, -0.05) is 64.9 Å². The molecule has 1 fully saturated rings. The van der Waals surface area contributed by atoms with Gasteiger partial charge >= 0.3 is 0 Å². The lowest BCUT2D eigenvalue weighted by molar-refractivity contribution is -0.121. The van der Waals surface area contributed by atoms with E-state index < -0.39 is 0 Å². The molecule has 2 aliphatic heterocycles. The third-order valence-corrected chi connectivity index (χ3v) is 6.32. The van der Waals surface area contributed by atoms with Gasteiger partial charge in [-0.15, -0.1) is 0 Å². The summed E-state index contributed by atoms with van der Waals surface area (Å²) in [6.07, 6.45) is 0.668. The van der Waals surface area contributed by atoms with Crippen molar-refractivity contribution in [3.05, 3.63) is 64.1 Å². The van der Waals surface area contributed by atoms with E-state index >= 15 is 0 Å². The van der Waals surface area contributed by atoms with E-state index in [-0.39, 0.29) is 18.0 Å². The van der Waals surface area contributed by atoms with Gasteiger partial charge in [-0.05, 0) is 35.7 Å². The molecule has 2 atom stereocenters. The molecule has 2 aliphatic rings. The molecule has 2 heterocycles. The summed E-state index contributed by atoms with van der Waals surface area (Å²) in [5.74, 6) is 0.677. The molecule has 0 saturated carbocycles. The van der Waals surface area contributed by atoms with Crippen LogP contribution in [-0.4, -0.2) is 23.8 Å². The Morgan fingerprint density at radius 3 is 2.93 bits per heavy atom. The van der Waals surface area contributed by atoms with Crippen molar-refractivity contribution < 1.29 is 4.79 Å². The Kier molecular flexibility index (Phi) is 5.63. The maximum atomic E-state index is 13.3. The van der Waals surface area contributed by atoms with Crippen LogP contribution in [0.3, 0.4) is 0 Å². The second-order valence-electron chi connectivity index (χ2n) is 6.56. The summed E-state index contributed by atoms with van der Waals surface area (Å²) in [6, 6.07) is 16.3. The minimum atomic E-state index is -0.201. The van der Waals surface area contributed by atoms with Gasteiger partial charge in [-0.2, -0.15) is 0 Å². The van der Waals surface area contributed by atoms with E-state index in [0.717, 1.165) is 33.1 Å². The number of nitrogens with one attached hydrogen (secondary N) is 2. The first-order chi connectivity index (χ1) is 13.2. The molecule has 1 saturated heterocycles. The molecule has 2 aromatic carbocycles. The molecule has 5 nitrogen and oxygen atoms in total. The number of nitrogens with zero attached hydrogens (tertiary/aromatic N) is 2. The number of carbonyl (C=O) groups is 1. The van der Waals surface area contributed by atoms with Gasteiger partial charge in [0, 0.05) is 16.8 Å². The Morgan fingerprint density at radius 1 is 1.26 bits per heavy atom. The van der Waals surface area contributed by atoms with E-state index in [9.17, 15) is 4.79 Å². The lowest BCUT2D eigenvalue weighted by Crippen LogP contribution is -2.49. The number of anilines is 1. The third-order valence-electron chi connectivity index (χ3n) is 4.80. The highest BCUT2D eigenvalue weighted by Crippen LogP contribution is 2.32. The zero-order chi connectivity index (χ0) is 18.8. The van der Waals surface area contributed by atoms with Crippen LogP contribution in [0.25, 0.3) is 0 Å². The first kappa shape index (κ1) is 18.7.